The van der Waals surface area contributed by atoms with Gasteiger partial charge in [0.25, 0.3) is 0 Å². The zero-order valence-electron chi connectivity index (χ0n) is 17.4. The number of carbonyl (C=O) groups is 1. The first-order valence-electron chi connectivity index (χ1n) is 10.6. The van der Waals surface area contributed by atoms with Gasteiger partial charge in [0.1, 0.15) is 11.9 Å². The number of allylic oxidation sites excluding steroid dienone is 4. The van der Waals surface area contributed by atoms with Crippen LogP contribution in [0.1, 0.15) is 51.3 Å². The monoisotopic (exact) mass is 409 g/mol. The van der Waals surface area contributed by atoms with Gasteiger partial charge in [-0.25, -0.2) is 4.39 Å². The minimum absolute atomic E-state index is 0.0225. The van der Waals surface area contributed by atoms with Gasteiger partial charge < -0.3 is 14.4 Å². The van der Waals surface area contributed by atoms with Gasteiger partial charge in [0.2, 0.25) is 0 Å². The lowest BCUT2D eigenvalue weighted by Gasteiger charge is -2.34. The van der Waals surface area contributed by atoms with Crippen LogP contribution >= 0.6 is 0 Å². The Morgan fingerprint density at radius 2 is 2.00 bits per heavy atom. The van der Waals surface area contributed by atoms with E-state index in [2.05, 4.69) is 54.9 Å². The zero-order valence-corrected chi connectivity index (χ0v) is 17.4. The minimum Gasteiger partial charge on any atom is -0.462 e. The molecule has 2 aliphatic rings. The summed E-state index contributed by atoms with van der Waals surface area (Å²) in [6.45, 7) is 4.32. The van der Waals surface area contributed by atoms with Crippen LogP contribution in [0.25, 0.3) is 11.3 Å². The second-order valence-corrected chi connectivity index (χ2v) is 8.68. The van der Waals surface area contributed by atoms with Crippen LogP contribution in [0.4, 0.5) is 4.39 Å². The fourth-order valence-corrected chi connectivity index (χ4v) is 4.65. The van der Waals surface area contributed by atoms with Gasteiger partial charge in [-0.15, -0.1) is 0 Å². The zero-order chi connectivity index (χ0) is 21.3. The van der Waals surface area contributed by atoms with Gasteiger partial charge in [-0.05, 0) is 55.3 Å². The van der Waals surface area contributed by atoms with Crippen molar-refractivity contribution >= 4 is 5.97 Å². The highest BCUT2D eigenvalue weighted by molar-refractivity contribution is 5.71. The molecule has 1 fully saturated rings. The van der Waals surface area contributed by atoms with E-state index in [9.17, 15) is 14.3 Å². The van der Waals surface area contributed by atoms with Crippen molar-refractivity contribution in [3.05, 3.63) is 72.2 Å². The number of halogens is 1. The lowest BCUT2D eigenvalue weighted by molar-refractivity contribution is -0.160. The van der Waals surface area contributed by atoms with Crippen LogP contribution in [0.2, 0.25) is 0 Å². The Kier molecular flexibility index (Phi) is 5.65. The van der Waals surface area contributed by atoms with Crippen molar-refractivity contribution < 1.29 is 19.0 Å². The Morgan fingerprint density at radius 1 is 1.23 bits per heavy atom. The summed E-state index contributed by atoms with van der Waals surface area (Å²) in [5.74, 6) is -0.606. The number of rotatable bonds is 5. The van der Waals surface area contributed by atoms with E-state index in [1.807, 2.05) is 0 Å². The summed E-state index contributed by atoms with van der Waals surface area (Å²) in [4.78, 5) is 11.8. The Morgan fingerprint density at radius 3 is 2.67 bits per heavy atom. The smallest absolute Gasteiger partial charge is 0.308 e. The Labute approximate surface area is 176 Å². The Hall–Kier alpha value is -2.66. The molecule has 4 rings (SSSR count). The first-order valence-corrected chi connectivity index (χ1v) is 10.6. The average Bonchev–Trinajstić information content (AvgIpc) is 3.14. The number of esters is 1. The predicted molar refractivity (Wildman–Crippen MR) is 115 cm³/mol. The molecular weight excluding hydrogens is 381 g/mol. The molecule has 0 saturated carbocycles. The predicted octanol–water partition coefficient (Wildman–Crippen LogP) is 5.09. The Bertz CT molecular complexity index is 975. The van der Waals surface area contributed by atoms with Gasteiger partial charge in [-0.2, -0.15) is 0 Å². The number of nitrogens with zero attached hydrogens (tertiary/aromatic N) is 1. The van der Waals surface area contributed by atoms with Crippen molar-refractivity contribution in [2.45, 2.75) is 63.2 Å². The molecule has 1 aliphatic carbocycles. The maximum atomic E-state index is 13.5. The first-order chi connectivity index (χ1) is 14.4. The van der Waals surface area contributed by atoms with E-state index in [0.29, 0.717) is 12.8 Å². The van der Waals surface area contributed by atoms with E-state index in [1.165, 1.54) is 12.1 Å². The fraction of sp³-hybridized carbons (Fsp3) is 0.400. The lowest BCUT2D eigenvalue weighted by Crippen LogP contribution is -2.34. The van der Waals surface area contributed by atoms with E-state index in [1.54, 1.807) is 12.1 Å². The van der Waals surface area contributed by atoms with Crippen LogP contribution in [0, 0.1) is 5.82 Å². The van der Waals surface area contributed by atoms with Crippen LogP contribution < -0.4 is 0 Å². The van der Waals surface area contributed by atoms with Crippen molar-refractivity contribution in [2.75, 3.05) is 0 Å². The van der Waals surface area contributed by atoms with E-state index >= 15 is 0 Å². The number of aliphatic hydroxyl groups excluding tert-OH is 1. The second-order valence-electron chi connectivity index (χ2n) is 8.68. The molecule has 1 N–H and O–H groups in total. The molecule has 0 radical (unpaired) electrons. The molecule has 1 aliphatic heterocycles. The molecule has 1 saturated heterocycles. The summed E-state index contributed by atoms with van der Waals surface area (Å²) < 4.78 is 21.3. The molecule has 158 valence electrons. The highest BCUT2D eigenvalue weighted by Gasteiger charge is 2.33. The molecule has 0 bridgehead atoms. The summed E-state index contributed by atoms with van der Waals surface area (Å²) in [7, 11) is 0. The van der Waals surface area contributed by atoms with E-state index in [4.69, 9.17) is 4.74 Å². The first kappa shape index (κ1) is 20.6. The summed E-state index contributed by atoms with van der Waals surface area (Å²) in [5, 5.41) is 9.99. The topological polar surface area (TPSA) is 51.5 Å². The average molecular weight is 410 g/mol. The number of ether oxygens (including phenoxy) is 1. The maximum Gasteiger partial charge on any atom is 0.308 e. The fourth-order valence-electron chi connectivity index (χ4n) is 4.65. The molecule has 1 aromatic heterocycles. The molecule has 2 aromatic rings. The SMILES string of the molecule is CC(C[C@@H]1C[C@@H](O)CC(=O)O1)n1c(-c2ccc(F)cc2)ccc1C1(C)C=CC=CC1. The van der Waals surface area contributed by atoms with Crippen molar-refractivity contribution in [1.82, 2.24) is 4.57 Å². The molecule has 30 heavy (non-hydrogen) atoms. The molecule has 2 heterocycles. The lowest BCUT2D eigenvalue weighted by atomic mass is 9.80. The van der Waals surface area contributed by atoms with E-state index < -0.39 is 6.10 Å². The number of hydrogen-bond acceptors (Lipinski definition) is 3. The van der Waals surface area contributed by atoms with Crippen molar-refractivity contribution in [3.63, 3.8) is 0 Å². The van der Waals surface area contributed by atoms with Crippen LogP contribution in [-0.2, 0) is 14.9 Å². The van der Waals surface area contributed by atoms with Crippen LogP contribution in [0.5, 0.6) is 0 Å². The van der Waals surface area contributed by atoms with Crippen molar-refractivity contribution in [3.8, 4) is 11.3 Å². The molecule has 5 heteroatoms. The number of hydrogen-bond donors (Lipinski definition) is 1. The number of benzene rings is 1. The number of carbonyl (C=O) groups excluding carboxylic acids is 1. The van der Waals surface area contributed by atoms with Crippen LogP contribution in [-0.4, -0.2) is 27.9 Å². The molecule has 2 unspecified atom stereocenters. The largest absolute Gasteiger partial charge is 0.462 e. The van der Waals surface area contributed by atoms with Crippen LogP contribution in [0.15, 0.2) is 60.7 Å². The number of aliphatic hydroxyl groups is 1. The number of cyclic esters (lactones) is 1. The summed E-state index contributed by atoms with van der Waals surface area (Å²) in [6, 6.07) is 10.8. The third kappa shape index (κ3) is 4.12. The highest BCUT2D eigenvalue weighted by Crippen LogP contribution is 2.39. The minimum atomic E-state index is -0.645. The van der Waals surface area contributed by atoms with Gasteiger partial charge in [0, 0.05) is 35.7 Å². The van der Waals surface area contributed by atoms with Gasteiger partial charge in [-0.3, -0.25) is 4.79 Å². The van der Waals surface area contributed by atoms with Crippen LogP contribution in [0.3, 0.4) is 0 Å². The summed E-state index contributed by atoms with van der Waals surface area (Å²) in [6.07, 6.45) is 9.56. The molecule has 0 spiro atoms. The summed E-state index contributed by atoms with van der Waals surface area (Å²) >= 11 is 0. The van der Waals surface area contributed by atoms with Crippen molar-refractivity contribution in [2.24, 2.45) is 0 Å². The molecule has 4 atom stereocenters. The van der Waals surface area contributed by atoms with Gasteiger partial charge in [0.15, 0.2) is 0 Å². The second kappa shape index (κ2) is 8.23. The molecule has 1 aromatic carbocycles. The third-order valence-corrected chi connectivity index (χ3v) is 6.18. The van der Waals surface area contributed by atoms with Gasteiger partial charge in [0.05, 0.1) is 12.5 Å². The maximum absolute atomic E-state index is 13.5. The molecule has 4 nitrogen and oxygen atoms in total. The van der Waals surface area contributed by atoms with E-state index in [-0.39, 0.29) is 35.8 Å². The van der Waals surface area contributed by atoms with E-state index in [0.717, 1.165) is 23.4 Å². The molecule has 0 amide bonds. The van der Waals surface area contributed by atoms with Gasteiger partial charge >= 0.3 is 5.97 Å². The standard InChI is InChI=1S/C25H28FNO3/c1-17(14-21-15-20(28)16-24(29)30-21)27-22(18-6-8-19(26)9-7-18)10-11-23(27)25(2)12-4-3-5-13-25/h3-12,17,20-21,28H,13-16H2,1-2H3/t17?,20-,21-,25?/m1/s1. The quantitative estimate of drug-likeness (QED) is 0.700. The third-order valence-electron chi connectivity index (χ3n) is 6.18. The van der Waals surface area contributed by atoms with Crippen molar-refractivity contribution in [1.29, 1.82) is 0 Å². The van der Waals surface area contributed by atoms with Gasteiger partial charge in [-0.1, -0.05) is 31.2 Å². The normalized spacial score (nSPS) is 27.1. The highest BCUT2D eigenvalue weighted by atomic mass is 19.1. The number of aromatic nitrogens is 1. The Balaban J connectivity index is 1.72. The summed E-state index contributed by atoms with van der Waals surface area (Å²) in [5.41, 5.74) is 2.94. The molecular formula is C25H28FNO3.